The van der Waals surface area contributed by atoms with E-state index in [9.17, 15) is 5.26 Å². The van der Waals surface area contributed by atoms with Crippen LogP contribution in [0.25, 0.3) is 22.4 Å². The number of benzene rings is 2. The van der Waals surface area contributed by atoms with Gasteiger partial charge in [-0.15, -0.1) is 0 Å². The zero-order valence-corrected chi connectivity index (χ0v) is 12.7. The molecule has 0 unspecified atom stereocenters. The molecule has 5 heteroatoms. The van der Waals surface area contributed by atoms with Crippen molar-refractivity contribution in [2.75, 3.05) is 5.32 Å². The van der Waals surface area contributed by atoms with Crippen LogP contribution in [-0.2, 0) is 0 Å². The molecular weight excluding hydrogens is 298 g/mol. The number of hydrogen-bond donors (Lipinski definition) is 2. The topological polar surface area (TPSA) is 77.4 Å². The summed E-state index contributed by atoms with van der Waals surface area (Å²) in [5.41, 5.74) is 3.66. The molecule has 0 atom stereocenters. The van der Waals surface area contributed by atoms with E-state index in [0.29, 0.717) is 22.7 Å². The van der Waals surface area contributed by atoms with Crippen molar-refractivity contribution in [2.24, 2.45) is 0 Å². The van der Waals surface area contributed by atoms with Crippen LogP contribution in [0.3, 0.4) is 0 Å². The SMILES string of the molecule is N#Cc1c[nH]c2c(Nc3ccccc3)nc(-c3ccccc3)nc12. The second kappa shape index (κ2) is 5.86. The molecule has 0 bridgehead atoms. The van der Waals surface area contributed by atoms with Gasteiger partial charge in [-0.1, -0.05) is 48.5 Å². The van der Waals surface area contributed by atoms with Crippen molar-refractivity contribution in [3.05, 3.63) is 72.4 Å². The van der Waals surface area contributed by atoms with Crippen molar-refractivity contribution in [1.29, 1.82) is 5.26 Å². The first-order valence-corrected chi connectivity index (χ1v) is 7.52. The third-order valence-electron chi connectivity index (χ3n) is 3.71. The molecule has 0 radical (unpaired) electrons. The van der Waals surface area contributed by atoms with Gasteiger partial charge in [-0.3, -0.25) is 0 Å². The smallest absolute Gasteiger partial charge is 0.162 e. The van der Waals surface area contributed by atoms with Gasteiger partial charge in [0.05, 0.1) is 5.56 Å². The average molecular weight is 311 g/mol. The number of para-hydroxylation sites is 1. The number of nitrogens with one attached hydrogen (secondary N) is 2. The van der Waals surface area contributed by atoms with E-state index < -0.39 is 0 Å². The second-order valence-corrected chi connectivity index (χ2v) is 5.29. The van der Waals surface area contributed by atoms with Gasteiger partial charge in [0.25, 0.3) is 0 Å². The molecule has 0 fully saturated rings. The third-order valence-corrected chi connectivity index (χ3v) is 3.71. The number of anilines is 2. The molecule has 0 aliphatic rings. The van der Waals surface area contributed by atoms with E-state index in [0.717, 1.165) is 16.8 Å². The zero-order chi connectivity index (χ0) is 16.4. The number of hydrogen-bond acceptors (Lipinski definition) is 4. The highest BCUT2D eigenvalue weighted by Gasteiger charge is 2.14. The molecule has 114 valence electrons. The maximum Gasteiger partial charge on any atom is 0.162 e. The highest BCUT2D eigenvalue weighted by atomic mass is 15.1. The first kappa shape index (κ1) is 14.0. The van der Waals surface area contributed by atoms with Crippen molar-refractivity contribution in [3.8, 4) is 17.5 Å². The minimum atomic E-state index is 0.501. The van der Waals surface area contributed by atoms with Gasteiger partial charge in [0.2, 0.25) is 0 Å². The summed E-state index contributed by atoms with van der Waals surface area (Å²) in [6, 6.07) is 21.7. The molecule has 2 heterocycles. The fraction of sp³-hybridized carbons (Fsp3) is 0. The highest BCUT2D eigenvalue weighted by Crippen LogP contribution is 2.28. The van der Waals surface area contributed by atoms with E-state index in [1.165, 1.54) is 0 Å². The fourth-order valence-corrected chi connectivity index (χ4v) is 2.56. The van der Waals surface area contributed by atoms with Crippen LogP contribution in [0.15, 0.2) is 66.9 Å². The molecule has 0 aliphatic carbocycles. The van der Waals surface area contributed by atoms with E-state index in [-0.39, 0.29) is 0 Å². The predicted octanol–water partition coefficient (Wildman–Crippen LogP) is 4.24. The Morgan fingerprint density at radius 2 is 1.62 bits per heavy atom. The van der Waals surface area contributed by atoms with Gasteiger partial charge >= 0.3 is 0 Å². The third kappa shape index (κ3) is 2.46. The van der Waals surface area contributed by atoms with Crippen LogP contribution < -0.4 is 5.32 Å². The maximum absolute atomic E-state index is 9.32. The highest BCUT2D eigenvalue weighted by molar-refractivity contribution is 5.93. The monoisotopic (exact) mass is 311 g/mol. The van der Waals surface area contributed by atoms with E-state index in [2.05, 4.69) is 26.3 Å². The quantitative estimate of drug-likeness (QED) is 0.593. The van der Waals surface area contributed by atoms with Crippen LogP contribution >= 0.6 is 0 Å². The Labute approximate surface area is 138 Å². The van der Waals surface area contributed by atoms with Gasteiger partial charge in [-0.05, 0) is 12.1 Å². The van der Waals surface area contributed by atoms with E-state index in [1.807, 2.05) is 60.7 Å². The normalized spacial score (nSPS) is 10.5. The Morgan fingerprint density at radius 1 is 0.917 bits per heavy atom. The molecular formula is C19H13N5. The lowest BCUT2D eigenvalue weighted by Gasteiger charge is -2.09. The number of nitrogens with zero attached hydrogens (tertiary/aromatic N) is 3. The summed E-state index contributed by atoms with van der Waals surface area (Å²) in [5.74, 6) is 1.23. The molecule has 0 aliphatic heterocycles. The fourth-order valence-electron chi connectivity index (χ4n) is 2.56. The van der Waals surface area contributed by atoms with E-state index >= 15 is 0 Å². The van der Waals surface area contributed by atoms with Crippen LogP contribution in [0.4, 0.5) is 11.5 Å². The molecule has 4 aromatic rings. The van der Waals surface area contributed by atoms with Crippen LogP contribution in [0.5, 0.6) is 0 Å². The van der Waals surface area contributed by atoms with Gasteiger partial charge in [0.1, 0.15) is 17.1 Å². The lowest BCUT2D eigenvalue weighted by Crippen LogP contribution is -1.99. The Balaban J connectivity index is 1.91. The standard InChI is InChI=1S/C19H13N5/c20-11-14-12-21-17-16(14)23-18(13-7-3-1-4-8-13)24-19(17)22-15-9-5-2-6-10-15/h1-10,12,21H,(H,22,23,24). The number of nitriles is 1. The largest absolute Gasteiger partial charge is 0.356 e. The molecule has 4 rings (SSSR count). The summed E-state index contributed by atoms with van der Waals surface area (Å²) in [6.07, 6.45) is 1.66. The van der Waals surface area contributed by atoms with Crippen molar-refractivity contribution in [1.82, 2.24) is 15.0 Å². The molecule has 5 nitrogen and oxygen atoms in total. The minimum absolute atomic E-state index is 0.501. The number of aromatic amines is 1. The van der Waals surface area contributed by atoms with Gasteiger partial charge in [0.15, 0.2) is 11.6 Å². The van der Waals surface area contributed by atoms with Gasteiger partial charge in [-0.2, -0.15) is 5.26 Å². The number of H-pyrrole nitrogens is 1. The molecule has 0 saturated heterocycles. The summed E-state index contributed by atoms with van der Waals surface area (Å²) in [4.78, 5) is 12.3. The van der Waals surface area contributed by atoms with Crippen molar-refractivity contribution >= 4 is 22.5 Å². The minimum Gasteiger partial charge on any atom is -0.356 e. The Bertz CT molecular complexity index is 1030. The van der Waals surface area contributed by atoms with E-state index in [4.69, 9.17) is 0 Å². The van der Waals surface area contributed by atoms with Crippen molar-refractivity contribution in [3.63, 3.8) is 0 Å². The number of fused-ring (bicyclic) bond motifs is 1. The lowest BCUT2D eigenvalue weighted by molar-refractivity contribution is 1.22. The summed E-state index contributed by atoms with van der Waals surface area (Å²) in [7, 11) is 0. The average Bonchev–Trinajstić information content (AvgIpc) is 3.07. The molecule has 0 amide bonds. The summed E-state index contributed by atoms with van der Waals surface area (Å²) >= 11 is 0. The van der Waals surface area contributed by atoms with Gasteiger partial charge in [0, 0.05) is 17.4 Å². The summed E-state index contributed by atoms with van der Waals surface area (Å²) in [6.45, 7) is 0. The van der Waals surface area contributed by atoms with Gasteiger partial charge < -0.3 is 10.3 Å². The van der Waals surface area contributed by atoms with Crippen LogP contribution in [0.1, 0.15) is 5.56 Å². The molecule has 0 saturated carbocycles. The zero-order valence-electron chi connectivity index (χ0n) is 12.7. The first-order chi connectivity index (χ1) is 11.8. The lowest BCUT2D eigenvalue weighted by atomic mass is 10.2. The van der Waals surface area contributed by atoms with Crippen molar-refractivity contribution in [2.45, 2.75) is 0 Å². The maximum atomic E-state index is 9.32. The Morgan fingerprint density at radius 3 is 2.33 bits per heavy atom. The first-order valence-electron chi connectivity index (χ1n) is 7.52. The predicted molar refractivity (Wildman–Crippen MR) is 93.8 cm³/mol. The Kier molecular flexibility index (Phi) is 3.41. The summed E-state index contributed by atoms with van der Waals surface area (Å²) in [5, 5.41) is 12.6. The van der Waals surface area contributed by atoms with E-state index in [1.54, 1.807) is 6.20 Å². The van der Waals surface area contributed by atoms with Crippen LogP contribution in [-0.4, -0.2) is 15.0 Å². The van der Waals surface area contributed by atoms with Crippen molar-refractivity contribution < 1.29 is 0 Å². The van der Waals surface area contributed by atoms with Crippen LogP contribution in [0.2, 0.25) is 0 Å². The molecule has 2 aromatic heterocycles. The number of rotatable bonds is 3. The van der Waals surface area contributed by atoms with Gasteiger partial charge in [-0.25, -0.2) is 9.97 Å². The van der Waals surface area contributed by atoms with Crippen LogP contribution in [0, 0.1) is 11.3 Å². The Hall–Kier alpha value is -3.65. The summed E-state index contributed by atoms with van der Waals surface area (Å²) < 4.78 is 0. The molecule has 24 heavy (non-hydrogen) atoms. The number of aromatic nitrogens is 3. The molecule has 2 N–H and O–H groups in total. The molecule has 0 spiro atoms. The molecule has 2 aromatic carbocycles. The second-order valence-electron chi connectivity index (χ2n) is 5.29.